The van der Waals surface area contributed by atoms with Gasteiger partial charge in [-0.15, -0.1) is 11.8 Å². The lowest BCUT2D eigenvalue weighted by Gasteiger charge is -1.82. The molecule has 1 N–H and O–H groups in total. The molecule has 0 aromatic carbocycles. The Balaban J connectivity index is 2.94. The van der Waals surface area contributed by atoms with Gasteiger partial charge in [-0.25, -0.2) is 0 Å². The summed E-state index contributed by atoms with van der Waals surface area (Å²) >= 11 is 1.65. The highest BCUT2D eigenvalue weighted by Gasteiger charge is 1.69. The lowest BCUT2D eigenvalue weighted by Crippen LogP contribution is -1.97. The van der Waals surface area contributed by atoms with E-state index < -0.39 is 0 Å². The zero-order valence-corrected chi connectivity index (χ0v) is 5.57. The van der Waals surface area contributed by atoms with E-state index in [0.717, 1.165) is 5.75 Å². The lowest BCUT2D eigenvalue weighted by atomic mass is 11.0. The van der Waals surface area contributed by atoms with Gasteiger partial charge in [0.2, 0.25) is 6.41 Å². The van der Waals surface area contributed by atoms with E-state index >= 15 is 0 Å². The molecule has 0 rings (SSSR count). The summed E-state index contributed by atoms with van der Waals surface area (Å²) in [5, 5.41) is 4.24. The van der Waals surface area contributed by atoms with Crippen LogP contribution in [0.25, 0.3) is 0 Å². The maximum Gasteiger partial charge on any atom is 0.211 e. The molecule has 3 heteroatoms. The monoisotopic (exact) mass is 131 g/mol. The predicted octanol–water partition coefficient (Wildman–Crippen LogP) is 0.957. The van der Waals surface area contributed by atoms with Crippen LogP contribution in [0.2, 0.25) is 0 Å². The van der Waals surface area contributed by atoms with Crippen LogP contribution in [0.4, 0.5) is 0 Å². The average Bonchev–Trinajstić information content (AvgIpc) is 1.81. The molecule has 0 unspecified atom stereocenters. The Bertz CT molecular complexity index is 82.5. The number of hydrogen-bond donors (Lipinski definition) is 1. The highest BCUT2D eigenvalue weighted by atomic mass is 32.2. The number of amides is 1. The van der Waals surface area contributed by atoms with E-state index in [9.17, 15) is 4.79 Å². The first-order valence-corrected chi connectivity index (χ1v) is 3.43. The molecule has 0 fully saturated rings. The van der Waals surface area contributed by atoms with Crippen molar-refractivity contribution in [2.45, 2.75) is 6.92 Å². The molecule has 0 aliphatic rings. The van der Waals surface area contributed by atoms with Gasteiger partial charge in [0.15, 0.2) is 0 Å². The van der Waals surface area contributed by atoms with E-state index in [1.165, 1.54) is 0 Å². The van der Waals surface area contributed by atoms with Crippen LogP contribution < -0.4 is 5.32 Å². The minimum atomic E-state index is 0.646. The molecule has 0 aromatic rings. The van der Waals surface area contributed by atoms with Crippen molar-refractivity contribution in [3.05, 3.63) is 11.6 Å². The van der Waals surface area contributed by atoms with Gasteiger partial charge in [0.1, 0.15) is 0 Å². The second kappa shape index (κ2) is 6.56. The van der Waals surface area contributed by atoms with Gasteiger partial charge in [-0.3, -0.25) is 4.79 Å². The van der Waals surface area contributed by atoms with Crippen molar-refractivity contribution in [3.8, 4) is 0 Å². The molecule has 0 heterocycles. The molecule has 0 aromatic heterocycles. The van der Waals surface area contributed by atoms with Crippen molar-refractivity contribution in [1.82, 2.24) is 5.32 Å². The lowest BCUT2D eigenvalue weighted by molar-refractivity contribution is -0.108. The zero-order valence-electron chi connectivity index (χ0n) is 4.76. The molecular weight excluding hydrogens is 122 g/mol. The summed E-state index contributed by atoms with van der Waals surface area (Å²) in [6.07, 6.45) is 2.26. The first kappa shape index (κ1) is 7.56. The van der Waals surface area contributed by atoms with Crippen LogP contribution >= 0.6 is 11.8 Å². The predicted molar refractivity (Wildman–Crippen MR) is 36.5 cm³/mol. The molecule has 0 spiro atoms. The second-order valence-electron chi connectivity index (χ2n) is 1.04. The molecule has 8 heavy (non-hydrogen) atoms. The molecule has 0 aliphatic carbocycles. The van der Waals surface area contributed by atoms with Gasteiger partial charge in [-0.2, -0.15) is 0 Å². The average molecular weight is 131 g/mol. The normalized spacial score (nSPS) is 9.62. The van der Waals surface area contributed by atoms with Gasteiger partial charge >= 0.3 is 0 Å². The van der Waals surface area contributed by atoms with Crippen LogP contribution in [-0.2, 0) is 4.79 Å². The van der Waals surface area contributed by atoms with Crippen molar-refractivity contribution in [2.75, 3.05) is 5.75 Å². The summed E-state index contributed by atoms with van der Waals surface area (Å²) in [7, 11) is 0. The summed E-state index contributed by atoms with van der Waals surface area (Å²) in [6, 6.07) is 0. The van der Waals surface area contributed by atoms with Gasteiger partial charge in [-0.1, -0.05) is 6.92 Å². The fraction of sp³-hybridized carbons (Fsp3) is 0.400. The Morgan fingerprint density at radius 2 is 2.50 bits per heavy atom. The molecule has 1 amide bonds. The van der Waals surface area contributed by atoms with Crippen LogP contribution in [0.15, 0.2) is 11.6 Å². The molecule has 0 bridgehead atoms. The first-order chi connectivity index (χ1) is 3.91. The molecular formula is C5H9NOS. The maximum atomic E-state index is 9.60. The highest BCUT2D eigenvalue weighted by Crippen LogP contribution is 1.97. The van der Waals surface area contributed by atoms with E-state index in [1.807, 2.05) is 5.41 Å². The first-order valence-electron chi connectivity index (χ1n) is 2.38. The third-order valence-corrected chi connectivity index (χ3v) is 1.16. The molecule has 0 saturated heterocycles. The SMILES string of the molecule is CCS/C=C/NC=O. The van der Waals surface area contributed by atoms with E-state index in [-0.39, 0.29) is 0 Å². The molecule has 46 valence electrons. The number of carbonyl (C=O) groups is 1. The third-order valence-electron chi connectivity index (χ3n) is 0.495. The Labute approximate surface area is 53.3 Å². The van der Waals surface area contributed by atoms with E-state index in [0.29, 0.717) is 6.41 Å². The number of thioether (sulfide) groups is 1. The number of hydrogen-bond acceptors (Lipinski definition) is 2. The fourth-order valence-electron chi connectivity index (χ4n) is 0.223. The molecule has 0 radical (unpaired) electrons. The van der Waals surface area contributed by atoms with Crippen molar-refractivity contribution >= 4 is 18.2 Å². The van der Waals surface area contributed by atoms with Crippen LogP contribution in [0.1, 0.15) is 6.92 Å². The van der Waals surface area contributed by atoms with E-state index in [2.05, 4.69) is 12.2 Å². The second-order valence-corrected chi connectivity index (χ2v) is 2.23. The van der Waals surface area contributed by atoms with Crippen molar-refractivity contribution in [3.63, 3.8) is 0 Å². The third kappa shape index (κ3) is 5.56. The number of carbonyl (C=O) groups excluding carboxylic acids is 1. The van der Waals surface area contributed by atoms with Crippen LogP contribution in [0.5, 0.6) is 0 Å². The standard InChI is InChI=1S/C5H9NOS/c1-2-8-4-3-6-5-7/h3-5H,2H2,1H3,(H,6,7)/b4-3+. The zero-order chi connectivity index (χ0) is 6.24. The molecule has 0 aliphatic heterocycles. The summed E-state index contributed by atoms with van der Waals surface area (Å²) in [4.78, 5) is 9.60. The highest BCUT2D eigenvalue weighted by molar-refractivity contribution is 8.02. The minimum Gasteiger partial charge on any atom is -0.335 e. The maximum absolute atomic E-state index is 9.60. The van der Waals surface area contributed by atoms with Crippen molar-refractivity contribution < 1.29 is 4.79 Å². The molecule has 0 saturated carbocycles. The summed E-state index contributed by atoms with van der Waals surface area (Å²) in [5.74, 6) is 1.04. The van der Waals surface area contributed by atoms with Gasteiger partial charge in [0.05, 0.1) is 0 Å². The quantitative estimate of drug-likeness (QED) is 0.576. The minimum absolute atomic E-state index is 0.646. The Morgan fingerprint density at radius 3 is 3.00 bits per heavy atom. The van der Waals surface area contributed by atoms with Gasteiger partial charge in [-0.05, 0) is 11.2 Å². The van der Waals surface area contributed by atoms with Gasteiger partial charge in [0.25, 0.3) is 0 Å². The van der Waals surface area contributed by atoms with E-state index in [1.54, 1.807) is 18.0 Å². The number of rotatable bonds is 4. The van der Waals surface area contributed by atoms with Crippen LogP contribution in [-0.4, -0.2) is 12.2 Å². The van der Waals surface area contributed by atoms with Crippen LogP contribution in [0.3, 0.4) is 0 Å². The molecule has 0 atom stereocenters. The summed E-state index contributed by atoms with van der Waals surface area (Å²) in [5.41, 5.74) is 0. The summed E-state index contributed by atoms with van der Waals surface area (Å²) < 4.78 is 0. The van der Waals surface area contributed by atoms with Crippen LogP contribution in [0, 0.1) is 0 Å². The van der Waals surface area contributed by atoms with Gasteiger partial charge < -0.3 is 5.32 Å². The van der Waals surface area contributed by atoms with E-state index in [4.69, 9.17) is 0 Å². The largest absolute Gasteiger partial charge is 0.335 e. The summed E-state index contributed by atoms with van der Waals surface area (Å²) in [6.45, 7) is 2.05. The Hall–Kier alpha value is -0.440. The topological polar surface area (TPSA) is 29.1 Å². The molecule has 2 nitrogen and oxygen atoms in total. The smallest absolute Gasteiger partial charge is 0.211 e. The Morgan fingerprint density at radius 1 is 1.75 bits per heavy atom. The fourth-order valence-corrected chi connectivity index (χ4v) is 0.590. The van der Waals surface area contributed by atoms with Crippen molar-refractivity contribution in [1.29, 1.82) is 0 Å². The van der Waals surface area contributed by atoms with Crippen molar-refractivity contribution in [2.24, 2.45) is 0 Å². The Kier molecular flexibility index (Phi) is 6.20. The van der Waals surface area contributed by atoms with Gasteiger partial charge in [0, 0.05) is 6.20 Å². The number of nitrogens with one attached hydrogen (secondary N) is 1.